The summed E-state index contributed by atoms with van der Waals surface area (Å²) in [6.45, 7) is 0.697. The van der Waals surface area contributed by atoms with Crippen molar-refractivity contribution in [1.82, 2.24) is 10.2 Å². The molecule has 1 aromatic carbocycles. The first-order valence-electron chi connectivity index (χ1n) is 5.96. The molecule has 0 aliphatic rings. The van der Waals surface area contributed by atoms with Crippen LogP contribution < -0.4 is 10.9 Å². The van der Waals surface area contributed by atoms with Crippen molar-refractivity contribution in [2.24, 2.45) is 0 Å². The molecular formula is C13H17N3O3. The van der Waals surface area contributed by atoms with Crippen molar-refractivity contribution in [3.63, 3.8) is 0 Å². The molecule has 2 rings (SSSR count). The summed E-state index contributed by atoms with van der Waals surface area (Å²) in [4.78, 5) is 16.1. The second-order valence-corrected chi connectivity index (χ2v) is 3.99. The molecule has 0 saturated heterocycles. The zero-order valence-corrected chi connectivity index (χ0v) is 11.0. The Kier molecular flexibility index (Phi) is 4.38. The van der Waals surface area contributed by atoms with E-state index in [0.29, 0.717) is 6.54 Å². The Labute approximate surface area is 111 Å². The van der Waals surface area contributed by atoms with Crippen LogP contribution in [0.4, 0.5) is 4.79 Å². The molecule has 0 aliphatic heterocycles. The minimum absolute atomic E-state index is 0.498. The lowest BCUT2D eigenvalue weighted by Crippen LogP contribution is -2.21. The summed E-state index contributed by atoms with van der Waals surface area (Å²) >= 11 is 0. The predicted molar refractivity (Wildman–Crippen MR) is 72.4 cm³/mol. The van der Waals surface area contributed by atoms with Crippen LogP contribution in [-0.2, 0) is 16.0 Å². The largest absolute Gasteiger partial charge is 0.452 e. The second kappa shape index (κ2) is 6.21. The van der Waals surface area contributed by atoms with Crippen LogP contribution in [0.15, 0.2) is 30.5 Å². The molecule has 0 aliphatic carbocycles. The van der Waals surface area contributed by atoms with E-state index in [1.807, 2.05) is 30.5 Å². The van der Waals surface area contributed by atoms with Crippen LogP contribution in [0.25, 0.3) is 10.9 Å². The van der Waals surface area contributed by atoms with Gasteiger partial charge in [0.2, 0.25) is 0 Å². The first-order valence-corrected chi connectivity index (χ1v) is 5.96. The molecule has 6 heteroatoms. The van der Waals surface area contributed by atoms with Gasteiger partial charge >= 0.3 is 6.09 Å². The fourth-order valence-corrected chi connectivity index (χ4v) is 1.97. The van der Waals surface area contributed by atoms with Crippen molar-refractivity contribution < 1.29 is 14.4 Å². The van der Waals surface area contributed by atoms with Crippen LogP contribution in [-0.4, -0.2) is 31.5 Å². The fraction of sp³-hybridized carbons (Fsp3) is 0.308. The summed E-state index contributed by atoms with van der Waals surface area (Å²) in [5.41, 5.74) is 7.50. The van der Waals surface area contributed by atoms with Gasteiger partial charge in [0.05, 0.1) is 19.7 Å². The Bertz CT molecular complexity index is 565. The first-order chi connectivity index (χ1) is 9.26. The standard InChI is InChI=1S/C13H17N3O3/c1-18-13(17)15-16-9-10(7-8-14-19-2)11-5-3-4-6-12(11)16/h3-6,9,14H,7-8H2,1-2H3,(H,15,17). The summed E-state index contributed by atoms with van der Waals surface area (Å²) in [6.07, 6.45) is 2.19. The third-order valence-corrected chi connectivity index (χ3v) is 2.83. The number of hydrogen-bond acceptors (Lipinski definition) is 4. The highest BCUT2D eigenvalue weighted by Crippen LogP contribution is 2.20. The third-order valence-electron chi connectivity index (χ3n) is 2.83. The summed E-state index contributed by atoms with van der Waals surface area (Å²) in [7, 11) is 2.92. The fourth-order valence-electron chi connectivity index (χ4n) is 1.97. The van der Waals surface area contributed by atoms with E-state index in [0.717, 1.165) is 22.9 Å². The number of nitrogens with zero attached hydrogens (tertiary/aromatic N) is 1. The normalized spacial score (nSPS) is 10.6. The average molecular weight is 263 g/mol. The number of rotatable bonds is 5. The number of methoxy groups -OCH3 is 1. The Balaban J connectivity index is 2.28. The molecule has 0 atom stereocenters. The van der Waals surface area contributed by atoms with Crippen LogP contribution in [0.5, 0.6) is 0 Å². The summed E-state index contributed by atoms with van der Waals surface area (Å²) in [5, 5.41) is 1.09. The second-order valence-electron chi connectivity index (χ2n) is 3.99. The van der Waals surface area contributed by atoms with Crippen LogP contribution in [0.3, 0.4) is 0 Å². The number of ether oxygens (including phenoxy) is 1. The molecular weight excluding hydrogens is 246 g/mol. The van der Waals surface area contributed by atoms with Gasteiger partial charge in [-0.25, -0.2) is 15.7 Å². The molecule has 0 fully saturated rings. The van der Waals surface area contributed by atoms with E-state index in [1.165, 1.54) is 7.11 Å². The smallest absolute Gasteiger partial charge is 0.426 e. The highest BCUT2D eigenvalue weighted by Gasteiger charge is 2.09. The van der Waals surface area contributed by atoms with Crippen molar-refractivity contribution in [2.75, 3.05) is 26.2 Å². The molecule has 1 heterocycles. The van der Waals surface area contributed by atoms with Gasteiger partial charge in [0.25, 0.3) is 0 Å². The van der Waals surface area contributed by atoms with E-state index in [1.54, 1.807) is 11.8 Å². The lowest BCUT2D eigenvalue weighted by atomic mass is 10.1. The molecule has 1 aromatic heterocycles. The minimum Gasteiger partial charge on any atom is -0.452 e. The van der Waals surface area contributed by atoms with E-state index in [-0.39, 0.29) is 0 Å². The summed E-state index contributed by atoms with van der Waals surface area (Å²) in [6, 6.07) is 7.86. The molecule has 0 saturated carbocycles. The number of para-hydroxylation sites is 1. The zero-order valence-electron chi connectivity index (χ0n) is 11.0. The van der Waals surface area contributed by atoms with E-state index < -0.39 is 6.09 Å². The van der Waals surface area contributed by atoms with Gasteiger partial charge in [0.1, 0.15) is 0 Å². The number of aromatic nitrogens is 1. The molecule has 0 unspecified atom stereocenters. The molecule has 19 heavy (non-hydrogen) atoms. The van der Waals surface area contributed by atoms with Gasteiger partial charge in [-0.05, 0) is 18.1 Å². The molecule has 1 amide bonds. The molecule has 6 nitrogen and oxygen atoms in total. The predicted octanol–water partition coefficient (Wildman–Crippen LogP) is 1.64. The van der Waals surface area contributed by atoms with E-state index in [9.17, 15) is 4.79 Å². The zero-order chi connectivity index (χ0) is 13.7. The van der Waals surface area contributed by atoms with Crippen molar-refractivity contribution in [3.05, 3.63) is 36.0 Å². The van der Waals surface area contributed by atoms with Crippen molar-refractivity contribution in [1.29, 1.82) is 0 Å². The van der Waals surface area contributed by atoms with Crippen molar-refractivity contribution >= 4 is 17.0 Å². The number of fused-ring (bicyclic) bond motifs is 1. The van der Waals surface area contributed by atoms with Gasteiger partial charge in [-0.3, -0.25) is 4.68 Å². The number of benzene rings is 1. The maximum absolute atomic E-state index is 11.3. The van der Waals surface area contributed by atoms with Crippen molar-refractivity contribution in [3.8, 4) is 0 Å². The lowest BCUT2D eigenvalue weighted by Gasteiger charge is -2.05. The Morgan fingerprint density at radius 3 is 2.84 bits per heavy atom. The number of hydroxylamine groups is 1. The first kappa shape index (κ1) is 13.4. The highest BCUT2D eigenvalue weighted by atomic mass is 16.6. The lowest BCUT2D eigenvalue weighted by molar-refractivity contribution is 0.0928. The topological polar surface area (TPSA) is 64.5 Å². The Morgan fingerprint density at radius 1 is 1.32 bits per heavy atom. The van der Waals surface area contributed by atoms with E-state index >= 15 is 0 Å². The third kappa shape index (κ3) is 3.04. The Morgan fingerprint density at radius 2 is 2.11 bits per heavy atom. The number of carbonyl (C=O) groups excluding carboxylic acids is 1. The highest BCUT2D eigenvalue weighted by molar-refractivity contribution is 5.87. The van der Waals surface area contributed by atoms with Crippen molar-refractivity contribution in [2.45, 2.75) is 6.42 Å². The van der Waals surface area contributed by atoms with Gasteiger partial charge in [-0.15, -0.1) is 0 Å². The maximum Gasteiger partial charge on any atom is 0.426 e. The molecule has 0 bridgehead atoms. The van der Waals surface area contributed by atoms with Gasteiger partial charge in [0, 0.05) is 18.1 Å². The van der Waals surface area contributed by atoms with Crippen LogP contribution in [0.2, 0.25) is 0 Å². The van der Waals surface area contributed by atoms with Gasteiger partial charge in [-0.2, -0.15) is 0 Å². The number of amides is 1. The van der Waals surface area contributed by atoms with E-state index in [4.69, 9.17) is 4.84 Å². The van der Waals surface area contributed by atoms with Gasteiger partial charge < -0.3 is 9.57 Å². The van der Waals surface area contributed by atoms with E-state index in [2.05, 4.69) is 15.6 Å². The molecule has 0 spiro atoms. The summed E-state index contributed by atoms with van der Waals surface area (Å²) < 4.78 is 6.28. The molecule has 0 radical (unpaired) electrons. The number of hydrogen-bond donors (Lipinski definition) is 2. The Hall–Kier alpha value is -2.05. The SMILES string of the molecule is CONCCc1cn(NC(=O)OC)c2ccccc12. The maximum atomic E-state index is 11.3. The molecule has 2 aromatic rings. The number of nitrogens with one attached hydrogen (secondary N) is 2. The summed E-state index contributed by atoms with van der Waals surface area (Å²) in [5.74, 6) is 0. The quantitative estimate of drug-likeness (QED) is 0.636. The van der Waals surface area contributed by atoms with Gasteiger partial charge in [0.15, 0.2) is 0 Å². The van der Waals surface area contributed by atoms with Crippen LogP contribution in [0, 0.1) is 0 Å². The number of carbonyl (C=O) groups is 1. The minimum atomic E-state index is -0.498. The van der Waals surface area contributed by atoms with Crippen LogP contribution >= 0.6 is 0 Å². The monoisotopic (exact) mass is 263 g/mol. The molecule has 2 N–H and O–H groups in total. The van der Waals surface area contributed by atoms with Crippen LogP contribution in [0.1, 0.15) is 5.56 Å². The van der Waals surface area contributed by atoms with Gasteiger partial charge in [-0.1, -0.05) is 18.2 Å². The molecule has 102 valence electrons. The average Bonchev–Trinajstić information content (AvgIpc) is 2.78.